The van der Waals surface area contributed by atoms with Crippen molar-refractivity contribution in [3.8, 4) is 5.75 Å². The van der Waals surface area contributed by atoms with Crippen LogP contribution in [0.1, 0.15) is 16.7 Å². The van der Waals surface area contributed by atoms with Crippen molar-refractivity contribution in [1.29, 1.82) is 0 Å². The second-order valence-electron chi connectivity index (χ2n) is 5.00. The maximum absolute atomic E-state index is 12.9. The molecule has 0 bridgehead atoms. The number of para-hydroxylation sites is 1. The van der Waals surface area contributed by atoms with Crippen LogP contribution in [-0.4, -0.2) is 12.2 Å². The van der Waals surface area contributed by atoms with E-state index in [9.17, 15) is 13.2 Å². The van der Waals surface area contributed by atoms with Crippen molar-refractivity contribution < 1.29 is 17.9 Å². The van der Waals surface area contributed by atoms with E-state index in [1.165, 1.54) is 12.1 Å². The molecule has 2 aromatic rings. The van der Waals surface area contributed by atoms with E-state index in [2.05, 4.69) is 10.6 Å². The number of halogens is 3. The van der Waals surface area contributed by atoms with E-state index >= 15 is 0 Å². The van der Waals surface area contributed by atoms with Gasteiger partial charge in [-0.1, -0.05) is 36.4 Å². The van der Waals surface area contributed by atoms with Crippen LogP contribution in [0.15, 0.2) is 48.5 Å². The number of thiocarbonyl (C=S) groups is 1. The number of methoxy groups -OCH3 is 1. The highest BCUT2D eigenvalue weighted by Gasteiger charge is 2.32. The summed E-state index contributed by atoms with van der Waals surface area (Å²) in [6.07, 6.45) is -4.38. The molecule has 0 atom stereocenters. The molecule has 0 aromatic heterocycles. The second kappa shape index (κ2) is 8.01. The Morgan fingerprint density at radius 3 is 2.12 bits per heavy atom. The van der Waals surface area contributed by atoms with Gasteiger partial charge in [0.25, 0.3) is 0 Å². The topological polar surface area (TPSA) is 33.3 Å². The third-order valence-corrected chi connectivity index (χ3v) is 3.68. The van der Waals surface area contributed by atoms with Gasteiger partial charge in [0.05, 0.1) is 12.7 Å². The van der Waals surface area contributed by atoms with E-state index in [1.54, 1.807) is 13.2 Å². The van der Waals surface area contributed by atoms with Crippen LogP contribution in [0.3, 0.4) is 0 Å². The van der Waals surface area contributed by atoms with Gasteiger partial charge >= 0.3 is 6.18 Å². The van der Waals surface area contributed by atoms with E-state index in [0.717, 1.165) is 17.4 Å². The van der Waals surface area contributed by atoms with Crippen LogP contribution in [0.25, 0.3) is 0 Å². The largest absolute Gasteiger partial charge is 0.496 e. The molecule has 0 saturated carbocycles. The lowest BCUT2D eigenvalue weighted by Gasteiger charge is -2.15. The zero-order chi connectivity index (χ0) is 17.6. The lowest BCUT2D eigenvalue weighted by Crippen LogP contribution is -2.34. The van der Waals surface area contributed by atoms with Gasteiger partial charge in [0.15, 0.2) is 5.11 Å². The van der Waals surface area contributed by atoms with Crippen molar-refractivity contribution in [3.05, 3.63) is 65.2 Å². The predicted octanol–water partition coefficient (Wildman–Crippen LogP) is 3.88. The number of hydrogen-bond acceptors (Lipinski definition) is 2. The maximum atomic E-state index is 12.9. The molecule has 0 aliphatic heterocycles. The Hall–Kier alpha value is -2.28. The minimum atomic E-state index is -4.38. The van der Waals surface area contributed by atoms with Gasteiger partial charge in [-0.2, -0.15) is 13.2 Å². The summed E-state index contributed by atoms with van der Waals surface area (Å²) in [7, 11) is 1.57. The molecule has 2 aromatic carbocycles. The number of nitrogens with one attached hydrogen (secondary N) is 2. The van der Waals surface area contributed by atoms with Crippen molar-refractivity contribution >= 4 is 17.3 Å². The average molecular weight is 354 g/mol. The highest BCUT2D eigenvalue weighted by Crippen LogP contribution is 2.31. The fourth-order valence-corrected chi connectivity index (χ4v) is 2.36. The Bertz CT molecular complexity index is 704. The normalized spacial score (nSPS) is 11.0. The molecule has 0 saturated heterocycles. The molecule has 0 heterocycles. The second-order valence-corrected chi connectivity index (χ2v) is 5.41. The predicted molar refractivity (Wildman–Crippen MR) is 90.7 cm³/mol. The molecular weight excluding hydrogens is 337 g/mol. The first-order chi connectivity index (χ1) is 11.4. The van der Waals surface area contributed by atoms with Gasteiger partial charge in [-0.25, -0.2) is 0 Å². The van der Waals surface area contributed by atoms with Gasteiger partial charge in [0.1, 0.15) is 5.75 Å². The summed E-state index contributed by atoms with van der Waals surface area (Å²) in [6.45, 7) is 0.407. The minimum Gasteiger partial charge on any atom is -0.496 e. The summed E-state index contributed by atoms with van der Waals surface area (Å²) in [6, 6.07) is 12.9. The molecule has 0 aliphatic rings. The molecule has 24 heavy (non-hydrogen) atoms. The summed E-state index contributed by atoms with van der Waals surface area (Å²) >= 11 is 5.12. The zero-order valence-corrected chi connectivity index (χ0v) is 13.8. The van der Waals surface area contributed by atoms with Crippen LogP contribution in [0.4, 0.5) is 13.2 Å². The summed E-state index contributed by atoms with van der Waals surface area (Å²) in [5.74, 6) is 0.718. The Labute approximate surface area is 143 Å². The van der Waals surface area contributed by atoms with Crippen LogP contribution in [-0.2, 0) is 19.3 Å². The van der Waals surface area contributed by atoms with Gasteiger partial charge < -0.3 is 15.4 Å². The molecule has 0 fully saturated rings. The van der Waals surface area contributed by atoms with Crippen LogP contribution in [0.5, 0.6) is 5.75 Å². The lowest BCUT2D eigenvalue weighted by molar-refractivity contribution is -0.138. The molecule has 0 aliphatic carbocycles. The zero-order valence-electron chi connectivity index (χ0n) is 13.0. The highest BCUT2D eigenvalue weighted by atomic mass is 32.1. The van der Waals surface area contributed by atoms with E-state index < -0.39 is 11.7 Å². The SMILES string of the molecule is COc1ccccc1CNC(=S)NCc1ccccc1C(F)(F)F. The van der Waals surface area contributed by atoms with Crippen molar-refractivity contribution in [1.82, 2.24) is 10.6 Å². The molecule has 7 heteroatoms. The van der Waals surface area contributed by atoms with Crippen LogP contribution < -0.4 is 15.4 Å². The minimum absolute atomic E-state index is 0.00651. The van der Waals surface area contributed by atoms with Crippen molar-refractivity contribution in [2.75, 3.05) is 7.11 Å². The third-order valence-electron chi connectivity index (χ3n) is 3.39. The number of alkyl halides is 3. The molecular formula is C17H17F3N2OS. The lowest BCUT2D eigenvalue weighted by atomic mass is 10.1. The van der Waals surface area contributed by atoms with Crippen LogP contribution in [0.2, 0.25) is 0 Å². The molecule has 0 amide bonds. The van der Waals surface area contributed by atoms with Crippen LogP contribution >= 0.6 is 12.2 Å². The Morgan fingerprint density at radius 1 is 0.958 bits per heavy atom. The summed E-state index contributed by atoms with van der Waals surface area (Å²) in [5.41, 5.74) is 0.385. The monoisotopic (exact) mass is 354 g/mol. The maximum Gasteiger partial charge on any atom is 0.416 e. The third kappa shape index (κ3) is 4.86. The van der Waals surface area contributed by atoms with Gasteiger partial charge in [-0.05, 0) is 29.9 Å². The Balaban J connectivity index is 1.93. The number of rotatable bonds is 5. The van der Waals surface area contributed by atoms with Gasteiger partial charge in [-0.15, -0.1) is 0 Å². The molecule has 128 valence electrons. The van der Waals surface area contributed by atoms with Crippen molar-refractivity contribution in [2.45, 2.75) is 19.3 Å². The van der Waals surface area contributed by atoms with E-state index in [-0.39, 0.29) is 17.2 Å². The number of hydrogen-bond donors (Lipinski definition) is 2. The van der Waals surface area contributed by atoms with E-state index in [0.29, 0.717) is 6.54 Å². The first kappa shape index (κ1) is 18.1. The average Bonchev–Trinajstić information content (AvgIpc) is 2.57. The molecule has 2 rings (SSSR count). The van der Waals surface area contributed by atoms with Crippen molar-refractivity contribution in [3.63, 3.8) is 0 Å². The summed E-state index contributed by atoms with van der Waals surface area (Å²) < 4.78 is 44.0. The molecule has 3 nitrogen and oxygen atoms in total. The van der Waals surface area contributed by atoms with Crippen molar-refractivity contribution in [2.24, 2.45) is 0 Å². The highest BCUT2D eigenvalue weighted by molar-refractivity contribution is 7.80. The molecule has 2 N–H and O–H groups in total. The number of benzene rings is 2. The van der Waals surface area contributed by atoms with Gasteiger partial charge in [-0.3, -0.25) is 0 Å². The first-order valence-electron chi connectivity index (χ1n) is 7.20. The molecule has 0 spiro atoms. The fourth-order valence-electron chi connectivity index (χ4n) is 2.21. The van der Waals surface area contributed by atoms with Crippen LogP contribution in [0, 0.1) is 0 Å². The summed E-state index contributed by atoms with van der Waals surface area (Å²) in [4.78, 5) is 0. The molecule has 0 unspecified atom stereocenters. The van der Waals surface area contributed by atoms with Gasteiger partial charge in [0.2, 0.25) is 0 Å². The standard InChI is InChI=1S/C17H17F3N2OS/c1-23-15-9-5-3-7-13(15)11-22-16(24)21-10-12-6-2-4-8-14(12)17(18,19)20/h2-9H,10-11H2,1H3,(H2,21,22,24). The van der Waals surface area contributed by atoms with E-state index in [4.69, 9.17) is 17.0 Å². The number of ether oxygens (including phenoxy) is 1. The molecule has 0 radical (unpaired) electrons. The van der Waals surface area contributed by atoms with Gasteiger partial charge in [0, 0.05) is 18.7 Å². The fraction of sp³-hybridized carbons (Fsp3) is 0.235. The Kier molecular flexibility index (Phi) is 6.03. The quantitative estimate of drug-likeness (QED) is 0.799. The summed E-state index contributed by atoms with van der Waals surface area (Å²) in [5, 5.41) is 6.04. The Morgan fingerprint density at radius 2 is 1.50 bits per heavy atom. The first-order valence-corrected chi connectivity index (χ1v) is 7.61. The van der Waals surface area contributed by atoms with E-state index in [1.807, 2.05) is 24.3 Å². The smallest absolute Gasteiger partial charge is 0.416 e.